The summed E-state index contributed by atoms with van der Waals surface area (Å²) in [5.41, 5.74) is 6.12. The topological polar surface area (TPSA) is 75.4 Å². The van der Waals surface area contributed by atoms with E-state index in [-0.39, 0.29) is 40.5 Å². The van der Waals surface area contributed by atoms with Crippen molar-refractivity contribution in [3.63, 3.8) is 0 Å². The van der Waals surface area contributed by atoms with Gasteiger partial charge >= 0.3 is 0 Å². The number of nitrogens with two attached hydrogens (primary N) is 1. The minimum atomic E-state index is -0.352. The van der Waals surface area contributed by atoms with Gasteiger partial charge < -0.3 is 16.0 Å². The molecule has 0 unspecified atom stereocenters. The van der Waals surface area contributed by atoms with Gasteiger partial charge in [0, 0.05) is 32.6 Å². The van der Waals surface area contributed by atoms with Crippen molar-refractivity contribution in [2.45, 2.75) is 6.42 Å². The predicted molar refractivity (Wildman–Crippen MR) is 76.5 cm³/mol. The van der Waals surface area contributed by atoms with Gasteiger partial charge in [-0.05, 0) is 12.1 Å². The first kappa shape index (κ1) is 15.6. The van der Waals surface area contributed by atoms with E-state index < -0.39 is 0 Å². The Labute approximate surface area is 121 Å². The van der Waals surface area contributed by atoms with Crippen molar-refractivity contribution in [1.82, 2.24) is 10.2 Å². The van der Waals surface area contributed by atoms with Crippen molar-refractivity contribution in [2.24, 2.45) is 0 Å². The van der Waals surface area contributed by atoms with Gasteiger partial charge in [0.1, 0.15) is 0 Å². The van der Waals surface area contributed by atoms with Crippen LogP contribution in [0, 0.1) is 0 Å². The second-order valence-electron chi connectivity index (χ2n) is 4.15. The lowest BCUT2D eigenvalue weighted by molar-refractivity contribution is -0.128. The number of hydrogen-bond acceptors (Lipinski definition) is 3. The van der Waals surface area contributed by atoms with Gasteiger partial charge in [0.15, 0.2) is 0 Å². The Morgan fingerprint density at radius 2 is 1.79 bits per heavy atom. The molecule has 0 radical (unpaired) electrons. The molecule has 19 heavy (non-hydrogen) atoms. The van der Waals surface area contributed by atoms with E-state index in [1.54, 1.807) is 14.1 Å². The summed E-state index contributed by atoms with van der Waals surface area (Å²) in [6.07, 6.45) is 0.231. The number of hydrogen-bond donors (Lipinski definition) is 2. The van der Waals surface area contributed by atoms with Gasteiger partial charge in [0.2, 0.25) is 5.91 Å². The lowest BCUT2D eigenvalue weighted by Gasteiger charge is -2.11. The van der Waals surface area contributed by atoms with Gasteiger partial charge in [-0.2, -0.15) is 0 Å². The van der Waals surface area contributed by atoms with Gasteiger partial charge in [0.05, 0.1) is 15.7 Å². The Kier molecular flexibility index (Phi) is 5.44. The standard InChI is InChI=1S/C12H15Cl2N3O2/c1-17(2)10(18)3-4-16-12(19)7-5-8(13)11(15)9(14)6-7/h5-6H,3-4,15H2,1-2H3,(H,16,19). The number of amides is 2. The molecule has 0 heterocycles. The lowest BCUT2D eigenvalue weighted by atomic mass is 10.2. The number of rotatable bonds is 4. The molecule has 7 heteroatoms. The molecule has 0 bridgehead atoms. The fourth-order valence-corrected chi connectivity index (χ4v) is 1.81. The molecule has 1 aromatic carbocycles. The monoisotopic (exact) mass is 303 g/mol. The van der Waals surface area contributed by atoms with Crippen LogP contribution in [0.15, 0.2) is 12.1 Å². The van der Waals surface area contributed by atoms with Crippen LogP contribution in [0.3, 0.4) is 0 Å². The number of nitrogen functional groups attached to an aromatic ring is 1. The van der Waals surface area contributed by atoms with Gasteiger partial charge in [-0.3, -0.25) is 9.59 Å². The molecule has 0 saturated heterocycles. The highest BCUT2D eigenvalue weighted by molar-refractivity contribution is 6.39. The molecule has 2 amide bonds. The van der Waals surface area contributed by atoms with Gasteiger partial charge in [-0.15, -0.1) is 0 Å². The number of halogens is 2. The third-order valence-corrected chi connectivity index (χ3v) is 3.09. The second-order valence-corrected chi connectivity index (χ2v) is 4.96. The summed E-state index contributed by atoms with van der Waals surface area (Å²) in [4.78, 5) is 24.6. The summed E-state index contributed by atoms with van der Waals surface area (Å²) < 4.78 is 0. The van der Waals surface area contributed by atoms with Crippen LogP contribution < -0.4 is 11.1 Å². The van der Waals surface area contributed by atoms with Gasteiger partial charge in [0.25, 0.3) is 5.91 Å². The number of nitrogens with one attached hydrogen (secondary N) is 1. The third-order valence-electron chi connectivity index (χ3n) is 2.46. The highest BCUT2D eigenvalue weighted by Crippen LogP contribution is 2.28. The fourth-order valence-electron chi connectivity index (χ4n) is 1.32. The van der Waals surface area contributed by atoms with Crippen molar-refractivity contribution in [1.29, 1.82) is 0 Å². The third kappa shape index (κ3) is 4.29. The van der Waals surface area contributed by atoms with Crippen LogP contribution in [0.25, 0.3) is 0 Å². The smallest absolute Gasteiger partial charge is 0.251 e. The molecule has 1 aromatic rings. The molecule has 0 aliphatic rings. The zero-order chi connectivity index (χ0) is 14.6. The highest BCUT2D eigenvalue weighted by Gasteiger charge is 2.11. The van der Waals surface area contributed by atoms with Crippen molar-refractivity contribution >= 4 is 40.7 Å². The molecule has 1 rings (SSSR count). The number of benzene rings is 1. The average molecular weight is 304 g/mol. The SMILES string of the molecule is CN(C)C(=O)CCNC(=O)c1cc(Cl)c(N)c(Cl)c1. The van der Waals surface area contributed by atoms with E-state index in [2.05, 4.69) is 5.32 Å². The molecular formula is C12H15Cl2N3O2. The fraction of sp³-hybridized carbons (Fsp3) is 0.333. The van der Waals surface area contributed by atoms with Crippen molar-refractivity contribution in [3.8, 4) is 0 Å². The van der Waals surface area contributed by atoms with Crippen LogP contribution in [0.1, 0.15) is 16.8 Å². The van der Waals surface area contributed by atoms with Crippen LogP contribution >= 0.6 is 23.2 Å². The normalized spacial score (nSPS) is 10.1. The first-order valence-electron chi connectivity index (χ1n) is 5.55. The largest absolute Gasteiger partial charge is 0.396 e. The van der Waals surface area contributed by atoms with E-state index in [0.717, 1.165) is 0 Å². The van der Waals surface area contributed by atoms with E-state index in [1.165, 1.54) is 17.0 Å². The molecule has 0 aromatic heterocycles. The number of carbonyl (C=O) groups excluding carboxylic acids is 2. The van der Waals surface area contributed by atoms with Gasteiger partial charge in [-0.1, -0.05) is 23.2 Å². The minimum absolute atomic E-state index is 0.0614. The molecular weight excluding hydrogens is 289 g/mol. The number of nitrogens with zero attached hydrogens (tertiary/aromatic N) is 1. The zero-order valence-electron chi connectivity index (χ0n) is 10.7. The first-order valence-corrected chi connectivity index (χ1v) is 6.31. The average Bonchev–Trinajstić information content (AvgIpc) is 2.34. The lowest BCUT2D eigenvalue weighted by Crippen LogP contribution is -2.30. The summed E-state index contributed by atoms with van der Waals surface area (Å²) >= 11 is 11.7. The Hall–Kier alpha value is -1.46. The van der Waals surface area contributed by atoms with Crippen molar-refractivity contribution < 1.29 is 9.59 Å². The van der Waals surface area contributed by atoms with Crippen LogP contribution in [0.5, 0.6) is 0 Å². The predicted octanol–water partition coefficient (Wildman–Crippen LogP) is 1.78. The van der Waals surface area contributed by atoms with Crippen LogP contribution in [0.2, 0.25) is 10.0 Å². The Balaban J connectivity index is 2.62. The van der Waals surface area contributed by atoms with Crippen LogP contribution in [-0.4, -0.2) is 37.4 Å². The van der Waals surface area contributed by atoms with E-state index in [0.29, 0.717) is 5.56 Å². The van der Waals surface area contributed by atoms with Gasteiger partial charge in [-0.25, -0.2) is 0 Å². The molecule has 0 spiro atoms. The number of carbonyl (C=O) groups is 2. The quantitative estimate of drug-likeness (QED) is 0.833. The molecule has 5 nitrogen and oxygen atoms in total. The summed E-state index contributed by atoms with van der Waals surface area (Å²) in [5.74, 6) is -0.413. The maximum Gasteiger partial charge on any atom is 0.251 e. The Bertz CT molecular complexity index is 481. The van der Waals surface area contributed by atoms with Crippen molar-refractivity contribution in [2.75, 3.05) is 26.4 Å². The molecule has 0 aliphatic carbocycles. The summed E-state index contributed by atoms with van der Waals surface area (Å²) in [5, 5.41) is 3.06. The minimum Gasteiger partial charge on any atom is -0.396 e. The van der Waals surface area contributed by atoms with E-state index in [9.17, 15) is 9.59 Å². The Morgan fingerprint density at radius 1 is 1.26 bits per heavy atom. The molecule has 3 N–H and O–H groups in total. The van der Waals surface area contributed by atoms with E-state index >= 15 is 0 Å². The Morgan fingerprint density at radius 3 is 2.26 bits per heavy atom. The highest BCUT2D eigenvalue weighted by atomic mass is 35.5. The molecule has 104 valence electrons. The first-order chi connectivity index (χ1) is 8.82. The van der Waals surface area contributed by atoms with Crippen molar-refractivity contribution in [3.05, 3.63) is 27.7 Å². The van der Waals surface area contributed by atoms with Crippen LogP contribution in [-0.2, 0) is 4.79 Å². The molecule has 0 aliphatic heterocycles. The molecule has 0 atom stereocenters. The summed E-state index contributed by atoms with van der Waals surface area (Å²) in [7, 11) is 3.31. The maximum absolute atomic E-state index is 11.8. The second kappa shape index (κ2) is 6.63. The summed E-state index contributed by atoms with van der Waals surface area (Å²) in [6, 6.07) is 2.87. The van der Waals surface area contributed by atoms with Crippen LogP contribution in [0.4, 0.5) is 5.69 Å². The zero-order valence-corrected chi connectivity index (χ0v) is 12.2. The molecule has 0 fully saturated rings. The molecule has 0 saturated carbocycles. The van der Waals surface area contributed by atoms with E-state index in [1.807, 2.05) is 0 Å². The van der Waals surface area contributed by atoms with E-state index in [4.69, 9.17) is 28.9 Å². The summed E-state index contributed by atoms with van der Waals surface area (Å²) in [6.45, 7) is 0.245. The number of anilines is 1. The maximum atomic E-state index is 11.8.